The van der Waals surface area contributed by atoms with E-state index in [2.05, 4.69) is 25.0 Å². The molecule has 30 heavy (non-hydrogen) atoms. The fourth-order valence-electron chi connectivity index (χ4n) is 3.35. The van der Waals surface area contributed by atoms with E-state index in [-0.39, 0.29) is 25.3 Å². The van der Waals surface area contributed by atoms with Gasteiger partial charge >= 0.3 is 12.2 Å². The molecule has 1 saturated carbocycles. The van der Waals surface area contributed by atoms with Gasteiger partial charge in [0.05, 0.1) is 12.6 Å². The van der Waals surface area contributed by atoms with E-state index in [0.29, 0.717) is 25.9 Å². The summed E-state index contributed by atoms with van der Waals surface area (Å²) in [6.45, 7) is 12.5. The van der Waals surface area contributed by atoms with Gasteiger partial charge in [0.25, 0.3) is 0 Å². The summed E-state index contributed by atoms with van der Waals surface area (Å²) in [7, 11) is 0.313. The summed E-state index contributed by atoms with van der Waals surface area (Å²) in [5.74, 6) is -2.53. The smallest absolute Gasteiger partial charge is 0.409 e. The number of hydrogen-bond donors (Lipinski definition) is 1. The zero-order valence-electron chi connectivity index (χ0n) is 19.6. The monoisotopic (exact) mass is 450 g/mol. The van der Waals surface area contributed by atoms with E-state index >= 15 is 0 Å². The number of halogens is 2. The van der Waals surface area contributed by atoms with Gasteiger partial charge in [0, 0.05) is 34.5 Å². The number of carbonyl (C=O) groups excluding carboxylic acids is 2. The first kappa shape index (κ1) is 26.7. The second-order valence-corrected chi connectivity index (χ2v) is 16.3. The number of alkyl carbamates (subject to hydrolysis) is 1. The molecule has 0 saturated heterocycles. The van der Waals surface area contributed by atoms with Crippen LogP contribution in [-0.4, -0.2) is 62.9 Å². The minimum absolute atomic E-state index is 0.0703. The molecule has 9 heteroatoms. The molecule has 0 radical (unpaired) electrons. The highest BCUT2D eigenvalue weighted by Crippen LogP contribution is 2.37. The van der Waals surface area contributed by atoms with E-state index in [9.17, 15) is 18.4 Å². The van der Waals surface area contributed by atoms with Crippen molar-refractivity contribution in [3.8, 4) is 0 Å². The van der Waals surface area contributed by atoms with Crippen LogP contribution in [0.2, 0.25) is 25.7 Å². The average molecular weight is 451 g/mol. The molecule has 0 aromatic rings. The SMILES string of the molecule is CN(CC(CC1CCC(F)(F)CC1)NC(=O)OC(C)(C)C)C(=O)OCC[Si](C)(C)C. The lowest BCUT2D eigenvalue weighted by Gasteiger charge is -2.32. The molecular weight excluding hydrogens is 410 g/mol. The van der Waals surface area contributed by atoms with Gasteiger partial charge in [-0.2, -0.15) is 0 Å². The Labute approximate surface area is 181 Å². The highest BCUT2D eigenvalue weighted by Gasteiger charge is 2.36. The van der Waals surface area contributed by atoms with Crippen LogP contribution in [0.1, 0.15) is 52.9 Å². The van der Waals surface area contributed by atoms with Crippen molar-refractivity contribution in [1.29, 1.82) is 0 Å². The van der Waals surface area contributed by atoms with Crippen LogP contribution in [0.15, 0.2) is 0 Å². The van der Waals surface area contributed by atoms with Crippen LogP contribution in [0.5, 0.6) is 0 Å². The summed E-state index contributed by atoms with van der Waals surface area (Å²) >= 11 is 0. The molecule has 0 bridgehead atoms. The molecule has 1 atom stereocenters. The lowest BCUT2D eigenvalue weighted by atomic mass is 9.83. The molecule has 1 N–H and O–H groups in total. The molecule has 1 aliphatic carbocycles. The number of hydrogen-bond acceptors (Lipinski definition) is 4. The molecule has 0 aromatic carbocycles. The number of ether oxygens (including phenoxy) is 2. The summed E-state index contributed by atoms with van der Waals surface area (Å²) < 4.78 is 37.6. The zero-order chi connectivity index (χ0) is 23.2. The third-order valence-corrected chi connectivity index (χ3v) is 6.76. The molecule has 2 amide bonds. The number of rotatable bonds is 8. The average Bonchev–Trinajstić information content (AvgIpc) is 2.53. The Morgan fingerprint density at radius 3 is 2.27 bits per heavy atom. The van der Waals surface area contributed by atoms with Gasteiger partial charge in [0.15, 0.2) is 0 Å². The first-order valence-corrected chi connectivity index (χ1v) is 14.5. The van der Waals surface area contributed by atoms with Gasteiger partial charge in [-0.3, -0.25) is 0 Å². The molecule has 1 aliphatic rings. The van der Waals surface area contributed by atoms with Gasteiger partial charge in [-0.15, -0.1) is 0 Å². The summed E-state index contributed by atoms with van der Waals surface area (Å²) in [6.07, 6.45) is 0.0420. The maximum atomic E-state index is 13.5. The number of likely N-dealkylation sites (N-methyl/N-ethyl adjacent to an activating group) is 1. The Morgan fingerprint density at radius 1 is 1.20 bits per heavy atom. The van der Waals surface area contributed by atoms with Crippen molar-refractivity contribution in [3.05, 3.63) is 0 Å². The van der Waals surface area contributed by atoms with E-state index in [4.69, 9.17) is 9.47 Å². The number of carbonyl (C=O) groups is 2. The Hall–Kier alpha value is -1.38. The molecule has 0 aromatic heterocycles. The molecule has 6 nitrogen and oxygen atoms in total. The van der Waals surface area contributed by atoms with E-state index in [0.717, 1.165) is 6.04 Å². The van der Waals surface area contributed by atoms with Gasteiger partial charge < -0.3 is 19.7 Å². The fraction of sp³-hybridized carbons (Fsp3) is 0.905. The van der Waals surface area contributed by atoms with Gasteiger partial charge in [0.1, 0.15) is 5.60 Å². The largest absolute Gasteiger partial charge is 0.450 e. The summed E-state index contributed by atoms with van der Waals surface area (Å²) in [5, 5.41) is 2.82. The first-order valence-electron chi connectivity index (χ1n) is 10.8. The van der Waals surface area contributed by atoms with Crippen LogP contribution < -0.4 is 5.32 Å². The van der Waals surface area contributed by atoms with E-state index in [1.807, 2.05) is 0 Å². The van der Waals surface area contributed by atoms with Crippen LogP contribution in [-0.2, 0) is 9.47 Å². The van der Waals surface area contributed by atoms with Gasteiger partial charge in [-0.25, -0.2) is 18.4 Å². The van der Waals surface area contributed by atoms with Crippen molar-refractivity contribution in [2.45, 2.75) is 96.1 Å². The van der Waals surface area contributed by atoms with Crippen molar-refractivity contribution in [2.75, 3.05) is 20.2 Å². The molecule has 176 valence electrons. The molecule has 0 aliphatic heterocycles. The van der Waals surface area contributed by atoms with E-state index in [1.54, 1.807) is 27.8 Å². The minimum Gasteiger partial charge on any atom is -0.450 e. The zero-order valence-corrected chi connectivity index (χ0v) is 20.6. The predicted molar refractivity (Wildman–Crippen MR) is 117 cm³/mol. The number of amides is 2. The molecular formula is C21H40F2N2O4Si. The van der Waals surface area contributed by atoms with Crippen molar-refractivity contribution >= 4 is 20.3 Å². The first-order chi connectivity index (χ1) is 13.6. The van der Waals surface area contributed by atoms with Gasteiger partial charge in [-0.1, -0.05) is 19.6 Å². The summed E-state index contributed by atoms with van der Waals surface area (Å²) in [4.78, 5) is 26.0. The standard InChI is InChI=1S/C21H40F2N2O4Si/c1-20(2,3)29-18(26)24-17(14-16-8-10-21(22,23)11-9-16)15-25(4)19(27)28-12-13-30(5,6)7/h16-17H,8-15H2,1-7H3,(H,24,26). The third kappa shape index (κ3) is 11.7. The van der Waals surface area contributed by atoms with Gasteiger partial charge in [-0.05, 0) is 52.0 Å². The predicted octanol–water partition coefficient (Wildman–Crippen LogP) is 5.50. The quantitative estimate of drug-likeness (QED) is 0.496. The lowest BCUT2D eigenvalue weighted by Crippen LogP contribution is -2.47. The van der Waals surface area contributed by atoms with Crippen LogP contribution in [0.3, 0.4) is 0 Å². The molecule has 1 fully saturated rings. The lowest BCUT2D eigenvalue weighted by molar-refractivity contribution is -0.0477. The third-order valence-electron chi connectivity index (χ3n) is 5.06. The Morgan fingerprint density at radius 2 is 1.77 bits per heavy atom. The second kappa shape index (κ2) is 10.8. The Balaban J connectivity index is 2.67. The number of nitrogens with zero attached hydrogens (tertiary/aromatic N) is 1. The highest BCUT2D eigenvalue weighted by atomic mass is 28.3. The number of nitrogens with one attached hydrogen (secondary N) is 1. The fourth-order valence-corrected chi connectivity index (χ4v) is 4.07. The Bertz CT molecular complexity index is 566. The molecule has 1 unspecified atom stereocenters. The maximum absolute atomic E-state index is 13.5. The summed E-state index contributed by atoms with van der Waals surface area (Å²) in [6, 6.07) is 0.480. The molecule has 1 rings (SSSR count). The molecule has 0 spiro atoms. The van der Waals surface area contributed by atoms with Crippen LogP contribution >= 0.6 is 0 Å². The minimum atomic E-state index is -2.60. The number of alkyl halides is 2. The molecule has 0 heterocycles. The summed E-state index contributed by atoms with van der Waals surface area (Å²) in [5.41, 5.74) is -0.650. The maximum Gasteiger partial charge on any atom is 0.409 e. The van der Waals surface area contributed by atoms with Gasteiger partial charge in [0.2, 0.25) is 5.92 Å². The van der Waals surface area contributed by atoms with Crippen molar-refractivity contribution in [3.63, 3.8) is 0 Å². The normalized spacial score (nSPS) is 18.4. The second-order valence-electron chi connectivity index (χ2n) is 10.7. The Kier molecular flexibility index (Phi) is 9.57. The van der Waals surface area contributed by atoms with Crippen LogP contribution in [0.4, 0.5) is 18.4 Å². The van der Waals surface area contributed by atoms with Crippen LogP contribution in [0.25, 0.3) is 0 Å². The van der Waals surface area contributed by atoms with Crippen molar-refractivity contribution in [2.24, 2.45) is 5.92 Å². The topological polar surface area (TPSA) is 67.9 Å². The van der Waals surface area contributed by atoms with Crippen LogP contribution in [0, 0.1) is 5.92 Å². The van der Waals surface area contributed by atoms with E-state index < -0.39 is 37.8 Å². The van der Waals surface area contributed by atoms with Crippen molar-refractivity contribution < 1.29 is 27.8 Å². The highest BCUT2D eigenvalue weighted by molar-refractivity contribution is 6.76. The van der Waals surface area contributed by atoms with E-state index in [1.165, 1.54) is 4.90 Å². The van der Waals surface area contributed by atoms with Crippen molar-refractivity contribution in [1.82, 2.24) is 10.2 Å².